The zero-order valence-corrected chi connectivity index (χ0v) is 11.8. The van der Waals surface area contributed by atoms with Gasteiger partial charge in [0.2, 0.25) is 0 Å². The number of benzene rings is 1. The summed E-state index contributed by atoms with van der Waals surface area (Å²) in [7, 11) is 1.99. The number of aromatic nitrogens is 3. The molecular weight excluding hydrogens is 250 g/mol. The first-order valence-electron chi connectivity index (χ1n) is 6.56. The number of nitrogens with zero attached hydrogens (tertiary/aromatic N) is 3. The molecule has 0 bridgehead atoms. The van der Waals surface area contributed by atoms with E-state index in [2.05, 4.69) is 14.5 Å². The fourth-order valence-electron chi connectivity index (χ4n) is 2.34. The van der Waals surface area contributed by atoms with Crippen molar-refractivity contribution in [3.05, 3.63) is 48.3 Å². The Bertz CT molecular complexity index is 754. The van der Waals surface area contributed by atoms with E-state index in [1.165, 1.54) is 0 Å². The zero-order valence-electron chi connectivity index (χ0n) is 11.8. The summed E-state index contributed by atoms with van der Waals surface area (Å²) in [5, 5.41) is 10.1. The molecule has 0 saturated carbocycles. The Hall–Kier alpha value is -2.20. The van der Waals surface area contributed by atoms with Crippen molar-refractivity contribution in [2.45, 2.75) is 19.4 Å². The van der Waals surface area contributed by atoms with Gasteiger partial charge in [0.05, 0.1) is 16.6 Å². The molecule has 0 atom stereocenters. The van der Waals surface area contributed by atoms with E-state index < -0.39 is 5.60 Å². The first-order valence-corrected chi connectivity index (χ1v) is 6.56. The van der Waals surface area contributed by atoms with E-state index in [0.29, 0.717) is 0 Å². The quantitative estimate of drug-likeness (QED) is 0.776. The molecule has 4 nitrogen and oxygen atoms in total. The van der Waals surface area contributed by atoms with Crippen LogP contribution in [-0.2, 0) is 12.6 Å². The van der Waals surface area contributed by atoms with Gasteiger partial charge in [0.25, 0.3) is 0 Å². The third-order valence-electron chi connectivity index (χ3n) is 3.53. The van der Waals surface area contributed by atoms with Crippen molar-refractivity contribution < 1.29 is 5.11 Å². The van der Waals surface area contributed by atoms with Crippen LogP contribution < -0.4 is 0 Å². The number of imidazole rings is 1. The van der Waals surface area contributed by atoms with Gasteiger partial charge in [0, 0.05) is 25.0 Å². The van der Waals surface area contributed by atoms with Gasteiger partial charge >= 0.3 is 0 Å². The highest BCUT2D eigenvalue weighted by molar-refractivity contribution is 5.81. The molecule has 0 saturated heterocycles. The van der Waals surface area contributed by atoms with Crippen molar-refractivity contribution in [3.63, 3.8) is 0 Å². The lowest BCUT2D eigenvalue weighted by atomic mass is 9.98. The van der Waals surface area contributed by atoms with E-state index in [0.717, 1.165) is 28.0 Å². The summed E-state index contributed by atoms with van der Waals surface area (Å²) < 4.78 is 2.05. The molecule has 4 heteroatoms. The summed E-state index contributed by atoms with van der Waals surface area (Å²) in [6, 6.07) is 9.77. The molecule has 0 aliphatic rings. The van der Waals surface area contributed by atoms with Gasteiger partial charge < -0.3 is 9.67 Å². The fourth-order valence-corrected chi connectivity index (χ4v) is 2.34. The minimum absolute atomic E-state index is 0.859. The topological polar surface area (TPSA) is 50.9 Å². The Kier molecular flexibility index (Phi) is 2.83. The molecule has 0 spiro atoms. The second kappa shape index (κ2) is 4.42. The summed E-state index contributed by atoms with van der Waals surface area (Å²) in [4.78, 5) is 8.71. The highest BCUT2D eigenvalue weighted by atomic mass is 16.3. The van der Waals surface area contributed by atoms with Crippen LogP contribution >= 0.6 is 0 Å². The van der Waals surface area contributed by atoms with Crippen LogP contribution in [0.3, 0.4) is 0 Å². The molecule has 0 radical (unpaired) electrons. The monoisotopic (exact) mass is 267 g/mol. The van der Waals surface area contributed by atoms with Crippen LogP contribution in [0.25, 0.3) is 22.4 Å². The minimum atomic E-state index is -0.859. The van der Waals surface area contributed by atoms with Gasteiger partial charge in [-0.1, -0.05) is 6.07 Å². The number of hydrogen-bond acceptors (Lipinski definition) is 3. The van der Waals surface area contributed by atoms with Gasteiger partial charge in [-0.05, 0) is 43.7 Å². The van der Waals surface area contributed by atoms with E-state index in [1.807, 2.05) is 37.4 Å². The van der Waals surface area contributed by atoms with Gasteiger partial charge in [0.1, 0.15) is 5.82 Å². The van der Waals surface area contributed by atoms with E-state index in [9.17, 15) is 5.11 Å². The second-order valence-corrected chi connectivity index (χ2v) is 5.49. The highest BCUT2D eigenvalue weighted by Gasteiger charge is 2.18. The molecule has 2 heterocycles. The Balaban J connectivity index is 2.20. The smallest absolute Gasteiger partial charge is 0.140 e. The Morgan fingerprint density at radius 1 is 1.10 bits per heavy atom. The molecule has 0 amide bonds. The minimum Gasteiger partial charge on any atom is -0.386 e. The first kappa shape index (κ1) is 12.8. The molecule has 102 valence electrons. The van der Waals surface area contributed by atoms with Crippen LogP contribution in [0.5, 0.6) is 0 Å². The fraction of sp³-hybridized carbons (Fsp3) is 0.250. The van der Waals surface area contributed by atoms with Gasteiger partial charge in [-0.15, -0.1) is 0 Å². The second-order valence-electron chi connectivity index (χ2n) is 5.49. The maximum Gasteiger partial charge on any atom is 0.140 e. The molecule has 1 aromatic carbocycles. The lowest BCUT2D eigenvalue weighted by molar-refractivity contribution is 0.0787. The van der Waals surface area contributed by atoms with Crippen LogP contribution in [0, 0.1) is 0 Å². The van der Waals surface area contributed by atoms with Crippen LogP contribution in [0.4, 0.5) is 0 Å². The van der Waals surface area contributed by atoms with E-state index in [-0.39, 0.29) is 0 Å². The van der Waals surface area contributed by atoms with Crippen LogP contribution in [0.1, 0.15) is 19.4 Å². The zero-order chi connectivity index (χ0) is 14.3. The van der Waals surface area contributed by atoms with Crippen molar-refractivity contribution in [3.8, 4) is 11.4 Å². The average molecular weight is 267 g/mol. The van der Waals surface area contributed by atoms with E-state index in [4.69, 9.17) is 0 Å². The summed E-state index contributed by atoms with van der Waals surface area (Å²) in [5.41, 5.74) is 2.97. The van der Waals surface area contributed by atoms with Gasteiger partial charge in [0.15, 0.2) is 0 Å². The number of aryl methyl sites for hydroxylation is 1. The molecular formula is C16H17N3O. The number of fused-ring (bicyclic) bond motifs is 1. The Morgan fingerprint density at radius 3 is 2.45 bits per heavy atom. The standard InChI is InChI=1S/C16H17N3O/c1-16(2,20)12-4-5-14-13(10-12)18-15(19(14)3)11-6-8-17-9-7-11/h4-10,20H,1-3H3. The molecule has 3 rings (SSSR count). The molecule has 3 aromatic rings. The van der Waals surface area contributed by atoms with Gasteiger partial charge in [-0.2, -0.15) is 0 Å². The van der Waals surface area contributed by atoms with E-state index in [1.54, 1.807) is 26.2 Å². The lowest BCUT2D eigenvalue weighted by Crippen LogP contribution is -2.15. The third kappa shape index (κ3) is 2.08. The maximum absolute atomic E-state index is 10.1. The largest absolute Gasteiger partial charge is 0.386 e. The molecule has 0 aliphatic carbocycles. The van der Waals surface area contributed by atoms with Crippen molar-refractivity contribution in [2.75, 3.05) is 0 Å². The van der Waals surface area contributed by atoms with Crippen molar-refractivity contribution in [1.29, 1.82) is 0 Å². The molecule has 20 heavy (non-hydrogen) atoms. The summed E-state index contributed by atoms with van der Waals surface area (Å²) in [5.74, 6) is 0.898. The van der Waals surface area contributed by atoms with Crippen LogP contribution in [0.2, 0.25) is 0 Å². The predicted octanol–water partition coefficient (Wildman–Crippen LogP) is 2.86. The van der Waals surface area contributed by atoms with Crippen molar-refractivity contribution in [2.24, 2.45) is 7.05 Å². The highest BCUT2D eigenvalue weighted by Crippen LogP contribution is 2.27. The average Bonchev–Trinajstić information content (AvgIpc) is 2.76. The first-order chi connectivity index (χ1) is 9.47. The number of pyridine rings is 1. The Labute approximate surface area is 117 Å². The normalized spacial score (nSPS) is 12.0. The lowest BCUT2D eigenvalue weighted by Gasteiger charge is -2.17. The van der Waals surface area contributed by atoms with Crippen LogP contribution in [0.15, 0.2) is 42.7 Å². The van der Waals surface area contributed by atoms with Gasteiger partial charge in [-0.25, -0.2) is 4.98 Å². The number of aliphatic hydroxyl groups is 1. The number of rotatable bonds is 2. The predicted molar refractivity (Wildman–Crippen MR) is 79.2 cm³/mol. The molecule has 2 aromatic heterocycles. The molecule has 0 aliphatic heterocycles. The maximum atomic E-state index is 10.1. The van der Waals surface area contributed by atoms with Crippen LogP contribution in [-0.4, -0.2) is 19.6 Å². The van der Waals surface area contributed by atoms with Crippen molar-refractivity contribution in [1.82, 2.24) is 14.5 Å². The number of hydrogen-bond donors (Lipinski definition) is 1. The molecule has 0 unspecified atom stereocenters. The summed E-state index contributed by atoms with van der Waals surface area (Å²) in [6.45, 7) is 3.56. The molecule has 0 fully saturated rings. The van der Waals surface area contributed by atoms with Gasteiger partial charge in [-0.3, -0.25) is 4.98 Å². The molecule has 1 N–H and O–H groups in total. The van der Waals surface area contributed by atoms with E-state index >= 15 is 0 Å². The Morgan fingerprint density at radius 2 is 1.80 bits per heavy atom. The van der Waals surface area contributed by atoms with Crippen molar-refractivity contribution >= 4 is 11.0 Å². The SMILES string of the molecule is Cn1c(-c2ccncc2)nc2cc(C(C)(C)O)ccc21. The summed E-state index contributed by atoms with van der Waals surface area (Å²) in [6.07, 6.45) is 3.52. The third-order valence-corrected chi connectivity index (χ3v) is 3.53. The summed E-state index contributed by atoms with van der Waals surface area (Å²) >= 11 is 0.